The van der Waals surface area contributed by atoms with Crippen molar-refractivity contribution in [2.75, 3.05) is 11.1 Å². The Hall–Kier alpha value is -1.59. The molecule has 1 unspecified atom stereocenters. The molecular weight excluding hydrogens is 301 g/mol. The number of anilines is 1. The molecule has 3 nitrogen and oxygen atoms in total. The Balaban J connectivity index is 1.97. The van der Waals surface area contributed by atoms with Crippen LogP contribution in [0.25, 0.3) is 0 Å². The predicted octanol–water partition coefficient (Wildman–Crippen LogP) is 3.42. The first-order valence-electron chi connectivity index (χ1n) is 6.01. The molecule has 0 bridgehead atoms. The third-order valence-corrected chi connectivity index (χ3v) is 5.33. The van der Waals surface area contributed by atoms with Gasteiger partial charge in [0.05, 0.1) is 22.4 Å². The largest absolute Gasteiger partial charge is 0.375 e. The van der Waals surface area contributed by atoms with E-state index in [-0.39, 0.29) is 11.4 Å². The number of fused-ring (bicyclic) bond motifs is 1. The van der Waals surface area contributed by atoms with Crippen molar-refractivity contribution in [3.63, 3.8) is 0 Å². The lowest BCUT2D eigenvalue weighted by Crippen LogP contribution is -2.13. The normalized spacial score (nSPS) is 19.6. The number of halogens is 2. The van der Waals surface area contributed by atoms with Gasteiger partial charge in [-0.1, -0.05) is 29.8 Å². The van der Waals surface area contributed by atoms with Crippen LogP contribution in [0.4, 0.5) is 10.1 Å². The first-order chi connectivity index (χ1) is 9.47. The van der Waals surface area contributed by atoms with Gasteiger partial charge >= 0.3 is 0 Å². The molecule has 0 fully saturated rings. The fraction of sp³-hybridized carbons (Fsp3) is 0.143. The Labute approximate surface area is 121 Å². The lowest BCUT2D eigenvalue weighted by Gasteiger charge is -2.14. The van der Waals surface area contributed by atoms with Crippen LogP contribution in [-0.4, -0.2) is 14.2 Å². The first kappa shape index (κ1) is 13.4. The van der Waals surface area contributed by atoms with Crippen molar-refractivity contribution in [3.8, 4) is 0 Å². The van der Waals surface area contributed by atoms with E-state index in [1.807, 2.05) is 0 Å². The highest BCUT2D eigenvalue weighted by Crippen LogP contribution is 2.35. The molecule has 1 N–H and O–H groups in total. The van der Waals surface area contributed by atoms with E-state index in [9.17, 15) is 12.8 Å². The molecule has 6 heteroatoms. The third-order valence-electron chi connectivity index (χ3n) is 3.28. The average molecular weight is 312 g/mol. The maximum Gasteiger partial charge on any atom is 0.181 e. The van der Waals surface area contributed by atoms with Crippen LogP contribution < -0.4 is 5.32 Å². The summed E-state index contributed by atoms with van der Waals surface area (Å²) in [6, 6.07) is 10.6. The minimum atomic E-state index is -3.31. The van der Waals surface area contributed by atoms with E-state index >= 15 is 0 Å². The maximum atomic E-state index is 13.8. The summed E-state index contributed by atoms with van der Waals surface area (Å²) in [6.07, 6.45) is 0. The number of sulfone groups is 1. The fourth-order valence-electron chi connectivity index (χ4n) is 2.36. The molecule has 0 saturated heterocycles. The summed E-state index contributed by atoms with van der Waals surface area (Å²) < 4.78 is 37.9. The molecule has 1 heterocycles. The minimum absolute atomic E-state index is 0.0750. The summed E-state index contributed by atoms with van der Waals surface area (Å²) in [4.78, 5) is 0.312. The molecule has 0 radical (unpaired) electrons. The maximum absolute atomic E-state index is 13.8. The van der Waals surface area contributed by atoms with E-state index in [0.29, 0.717) is 15.5 Å². The van der Waals surface area contributed by atoms with Gasteiger partial charge in [-0.15, -0.1) is 0 Å². The van der Waals surface area contributed by atoms with Gasteiger partial charge in [0.25, 0.3) is 0 Å². The van der Waals surface area contributed by atoms with E-state index in [4.69, 9.17) is 11.6 Å². The van der Waals surface area contributed by atoms with Crippen LogP contribution in [0.2, 0.25) is 5.02 Å². The van der Waals surface area contributed by atoms with Crippen LogP contribution in [0.1, 0.15) is 11.6 Å². The van der Waals surface area contributed by atoms with Gasteiger partial charge in [0.1, 0.15) is 5.82 Å². The van der Waals surface area contributed by atoms with Gasteiger partial charge in [-0.05, 0) is 29.8 Å². The topological polar surface area (TPSA) is 46.2 Å². The zero-order chi connectivity index (χ0) is 14.3. The molecular formula is C14H11ClFNO2S. The molecule has 1 aliphatic heterocycles. The van der Waals surface area contributed by atoms with Gasteiger partial charge in [0, 0.05) is 5.02 Å². The molecule has 104 valence electrons. The molecule has 2 aromatic rings. The van der Waals surface area contributed by atoms with Crippen LogP contribution in [-0.2, 0) is 9.84 Å². The van der Waals surface area contributed by atoms with Crippen molar-refractivity contribution >= 4 is 27.1 Å². The van der Waals surface area contributed by atoms with Gasteiger partial charge < -0.3 is 5.32 Å². The number of hydrogen-bond donors (Lipinski definition) is 1. The van der Waals surface area contributed by atoms with Crippen LogP contribution in [0, 0.1) is 5.82 Å². The van der Waals surface area contributed by atoms with Crippen LogP contribution in [0.3, 0.4) is 0 Å². The zero-order valence-corrected chi connectivity index (χ0v) is 11.9. The fourth-order valence-corrected chi connectivity index (χ4v) is 4.26. The minimum Gasteiger partial charge on any atom is -0.375 e. The van der Waals surface area contributed by atoms with Crippen molar-refractivity contribution in [2.24, 2.45) is 0 Å². The Bertz CT molecular complexity index is 776. The molecule has 2 aromatic carbocycles. The van der Waals surface area contributed by atoms with Gasteiger partial charge in [0.2, 0.25) is 0 Å². The summed E-state index contributed by atoms with van der Waals surface area (Å²) in [7, 11) is -3.31. The molecule has 3 rings (SSSR count). The Morgan fingerprint density at radius 3 is 2.70 bits per heavy atom. The number of benzene rings is 2. The molecule has 0 spiro atoms. The summed E-state index contributed by atoms with van der Waals surface area (Å²) in [6.45, 7) is 0. The van der Waals surface area contributed by atoms with Crippen molar-refractivity contribution in [1.82, 2.24) is 0 Å². The van der Waals surface area contributed by atoms with Crippen molar-refractivity contribution in [3.05, 3.63) is 58.9 Å². The average Bonchev–Trinajstić information content (AvgIpc) is 2.65. The summed E-state index contributed by atoms with van der Waals surface area (Å²) >= 11 is 5.70. The summed E-state index contributed by atoms with van der Waals surface area (Å²) in [5.41, 5.74) is 0.910. The molecule has 0 saturated carbocycles. The lowest BCUT2D eigenvalue weighted by molar-refractivity contribution is 0.598. The quantitative estimate of drug-likeness (QED) is 0.924. The molecule has 0 amide bonds. The second-order valence-electron chi connectivity index (χ2n) is 4.64. The van der Waals surface area contributed by atoms with Crippen molar-refractivity contribution < 1.29 is 12.8 Å². The predicted molar refractivity (Wildman–Crippen MR) is 76.3 cm³/mol. The third kappa shape index (κ3) is 2.27. The summed E-state index contributed by atoms with van der Waals surface area (Å²) in [5.74, 6) is -0.576. The number of hydrogen-bond acceptors (Lipinski definition) is 3. The van der Waals surface area contributed by atoms with Crippen molar-refractivity contribution in [1.29, 1.82) is 0 Å². The number of nitrogens with one attached hydrogen (secondary N) is 1. The highest BCUT2D eigenvalue weighted by molar-refractivity contribution is 7.91. The molecule has 0 aromatic heterocycles. The van der Waals surface area contributed by atoms with E-state index in [1.54, 1.807) is 30.3 Å². The smallest absolute Gasteiger partial charge is 0.181 e. The van der Waals surface area contributed by atoms with Crippen molar-refractivity contribution in [2.45, 2.75) is 10.9 Å². The first-order valence-corrected chi connectivity index (χ1v) is 8.04. The second kappa shape index (κ2) is 4.75. The standard InChI is InChI=1S/C14H11ClFNO2S/c15-9-5-6-12(11(16)7-9)17-13-8-20(18,19)14-4-2-1-3-10(13)14/h1-7,13,17H,8H2. The molecule has 1 atom stereocenters. The van der Waals surface area contributed by atoms with Crippen LogP contribution in [0.5, 0.6) is 0 Å². The van der Waals surface area contributed by atoms with E-state index < -0.39 is 21.7 Å². The van der Waals surface area contributed by atoms with Crippen LogP contribution >= 0.6 is 11.6 Å². The SMILES string of the molecule is O=S1(=O)CC(Nc2ccc(Cl)cc2F)c2ccccc21. The van der Waals surface area contributed by atoms with Gasteiger partial charge in [-0.3, -0.25) is 0 Å². The van der Waals surface area contributed by atoms with Gasteiger partial charge in [-0.2, -0.15) is 0 Å². The van der Waals surface area contributed by atoms with E-state index in [1.165, 1.54) is 12.1 Å². The lowest BCUT2D eigenvalue weighted by atomic mass is 10.1. The van der Waals surface area contributed by atoms with Gasteiger partial charge in [0.15, 0.2) is 9.84 Å². The molecule has 20 heavy (non-hydrogen) atoms. The summed E-state index contributed by atoms with van der Waals surface area (Å²) in [5, 5.41) is 3.23. The molecule has 1 aliphatic rings. The Morgan fingerprint density at radius 1 is 1.20 bits per heavy atom. The zero-order valence-electron chi connectivity index (χ0n) is 10.3. The molecule has 0 aliphatic carbocycles. The van der Waals surface area contributed by atoms with Gasteiger partial charge in [-0.25, -0.2) is 12.8 Å². The van der Waals surface area contributed by atoms with Crippen LogP contribution in [0.15, 0.2) is 47.4 Å². The van der Waals surface area contributed by atoms with E-state index in [0.717, 1.165) is 0 Å². The Morgan fingerprint density at radius 2 is 1.95 bits per heavy atom. The van der Waals surface area contributed by atoms with E-state index in [2.05, 4.69) is 5.32 Å². The highest BCUT2D eigenvalue weighted by atomic mass is 35.5. The monoisotopic (exact) mass is 311 g/mol. The Kier molecular flexibility index (Phi) is 3.18. The second-order valence-corrected chi connectivity index (χ2v) is 7.08. The number of rotatable bonds is 2. The highest BCUT2D eigenvalue weighted by Gasteiger charge is 2.34.